The topological polar surface area (TPSA) is 78.6 Å². The zero-order valence-electron chi connectivity index (χ0n) is 6.00. The van der Waals surface area contributed by atoms with Crippen LogP contribution in [0.5, 0.6) is 0 Å². The van der Waals surface area contributed by atoms with Crippen molar-refractivity contribution in [2.45, 2.75) is 0 Å². The van der Waals surface area contributed by atoms with Crippen molar-refractivity contribution in [2.24, 2.45) is 0 Å². The van der Waals surface area contributed by atoms with Crippen LogP contribution >= 0.6 is 0 Å². The van der Waals surface area contributed by atoms with Crippen molar-refractivity contribution in [1.29, 1.82) is 0 Å². The van der Waals surface area contributed by atoms with Gasteiger partial charge in [-0.05, 0) is 6.07 Å². The minimum Gasteiger partial charge on any atom is -0.332 e. The summed E-state index contributed by atoms with van der Waals surface area (Å²) in [5.41, 5.74) is -0.188. The summed E-state index contributed by atoms with van der Waals surface area (Å²) in [5.74, 6) is 0. The molecule has 0 aliphatic carbocycles. The Morgan fingerprint density at radius 3 is 2.92 bits per heavy atom. The molecule has 2 aromatic rings. The number of hydrogen-bond donors (Lipinski definition) is 2. The molecule has 0 aliphatic rings. The van der Waals surface area contributed by atoms with E-state index in [1.165, 1.54) is 18.5 Å². The van der Waals surface area contributed by atoms with E-state index in [0.29, 0.717) is 11.0 Å². The molecule has 5 nitrogen and oxygen atoms in total. The maximum Gasteiger partial charge on any atom is 0.282 e. The number of aromatic amines is 2. The van der Waals surface area contributed by atoms with Crippen LogP contribution in [-0.4, -0.2) is 15.0 Å². The van der Waals surface area contributed by atoms with Crippen LogP contribution in [0.2, 0.25) is 0 Å². The summed E-state index contributed by atoms with van der Waals surface area (Å²) in [6, 6.07) is 2.74. The molecule has 0 amide bonds. The Labute approximate surface area is 66.1 Å². The van der Waals surface area contributed by atoms with Gasteiger partial charge in [0.05, 0.1) is 11.7 Å². The summed E-state index contributed by atoms with van der Waals surface area (Å²) >= 11 is 0. The molecule has 5 heteroatoms. The summed E-state index contributed by atoms with van der Waals surface area (Å²) in [7, 11) is 0. The molecule has 0 aromatic carbocycles. The number of rotatable bonds is 0. The number of H-pyrrole nitrogens is 2. The predicted octanol–water partition coefficient (Wildman–Crippen LogP) is -0.389. The second kappa shape index (κ2) is 2.30. The molecule has 12 heavy (non-hydrogen) atoms. The predicted molar refractivity (Wildman–Crippen MR) is 43.0 cm³/mol. The summed E-state index contributed by atoms with van der Waals surface area (Å²) in [6.07, 6.45) is 1.25. The van der Waals surface area contributed by atoms with E-state index >= 15 is 0 Å². The van der Waals surface area contributed by atoms with Crippen molar-refractivity contribution in [3.05, 3.63) is 39.2 Å². The van der Waals surface area contributed by atoms with Gasteiger partial charge in [0.25, 0.3) is 5.56 Å². The fourth-order valence-electron chi connectivity index (χ4n) is 0.992. The van der Waals surface area contributed by atoms with Crippen LogP contribution < -0.4 is 11.1 Å². The van der Waals surface area contributed by atoms with Crippen LogP contribution in [-0.2, 0) is 0 Å². The van der Waals surface area contributed by atoms with Gasteiger partial charge in [0.1, 0.15) is 5.65 Å². The van der Waals surface area contributed by atoms with E-state index < -0.39 is 0 Å². The maximum absolute atomic E-state index is 11.0. The monoisotopic (exact) mass is 163 g/mol. The van der Waals surface area contributed by atoms with Crippen LogP contribution in [0.4, 0.5) is 0 Å². The normalized spacial score (nSPS) is 10.3. The third-order valence-electron chi connectivity index (χ3n) is 1.54. The first-order valence-electron chi connectivity index (χ1n) is 3.34. The number of hydrogen-bond acceptors (Lipinski definition) is 3. The van der Waals surface area contributed by atoms with E-state index in [-0.39, 0.29) is 11.1 Å². The van der Waals surface area contributed by atoms with Gasteiger partial charge in [-0.25, -0.2) is 0 Å². The molecule has 2 N–H and O–H groups in total. The molecular weight excluding hydrogens is 158 g/mol. The lowest BCUT2D eigenvalue weighted by Crippen LogP contribution is -2.11. The van der Waals surface area contributed by atoms with E-state index in [0.717, 1.165) is 0 Å². The number of nitrogens with one attached hydrogen (secondary N) is 2. The van der Waals surface area contributed by atoms with Crippen LogP contribution in [0.25, 0.3) is 11.0 Å². The highest BCUT2D eigenvalue weighted by atomic mass is 16.1. The van der Waals surface area contributed by atoms with E-state index in [1.54, 1.807) is 0 Å². The molecule has 0 radical (unpaired) electrons. The molecule has 0 aliphatic heterocycles. The second-order valence-corrected chi connectivity index (χ2v) is 2.32. The van der Waals surface area contributed by atoms with Crippen molar-refractivity contribution >= 4 is 11.0 Å². The van der Waals surface area contributed by atoms with Crippen LogP contribution in [0.15, 0.2) is 28.0 Å². The Morgan fingerprint density at radius 1 is 1.25 bits per heavy atom. The first kappa shape index (κ1) is 6.78. The van der Waals surface area contributed by atoms with E-state index in [2.05, 4.69) is 15.0 Å². The average Bonchev–Trinajstić information content (AvgIpc) is 2.04. The van der Waals surface area contributed by atoms with E-state index in [1.807, 2.05) is 0 Å². The molecule has 0 unspecified atom stereocenters. The van der Waals surface area contributed by atoms with Gasteiger partial charge in [-0.3, -0.25) is 9.59 Å². The number of fused-ring (bicyclic) bond motifs is 1. The zero-order chi connectivity index (χ0) is 8.55. The molecule has 0 saturated heterocycles. The van der Waals surface area contributed by atoms with Crippen LogP contribution in [0.1, 0.15) is 0 Å². The van der Waals surface area contributed by atoms with Crippen molar-refractivity contribution in [3.8, 4) is 0 Å². The molecule has 2 heterocycles. The molecular formula is C7H5N3O2. The first-order valence-corrected chi connectivity index (χ1v) is 3.34. The largest absolute Gasteiger partial charge is 0.332 e. The fraction of sp³-hybridized carbons (Fsp3) is 0. The van der Waals surface area contributed by atoms with E-state index in [4.69, 9.17) is 0 Å². The minimum absolute atomic E-state index is 0.246. The van der Waals surface area contributed by atoms with Gasteiger partial charge in [-0.1, -0.05) is 0 Å². The van der Waals surface area contributed by atoms with Gasteiger partial charge in [0.15, 0.2) is 0 Å². The van der Waals surface area contributed by atoms with E-state index in [9.17, 15) is 9.59 Å². The third-order valence-corrected chi connectivity index (χ3v) is 1.54. The lowest BCUT2D eigenvalue weighted by atomic mass is 10.3. The summed E-state index contributed by atoms with van der Waals surface area (Å²) in [5, 5.41) is 0.386. The molecule has 0 bridgehead atoms. The summed E-state index contributed by atoms with van der Waals surface area (Å²) < 4.78 is 0. The highest BCUT2D eigenvalue weighted by molar-refractivity contribution is 5.72. The smallest absolute Gasteiger partial charge is 0.282 e. The highest BCUT2D eigenvalue weighted by Crippen LogP contribution is 1.95. The number of aromatic nitrogens is 3. The Bertz CT molecular complexity index is 526. The highest BCUT2D eigenvalue weighted by Gasteiger charge is 1.97. The van der Waals surface area contributed by atoms with Crippen LogP contribution in [0.3, 0.4) is 0 Å². The van der Waals surface area contributed by atoms with Crippen LogP contribution in [0, 0.1) is 0 Å². The number of pyridine rings is 1. The molecule has 0 atom stereocenters. The Hall–Kier alpha value is -1.91. The molecule has 2 rings (SSSR count). The quantitative estimate of drug-likeness (QED) is 0.555. The van der Waals surface area contributed by atoms with Gasteiger partial charge in [0.2, 0.25) is 5.56 Å². The molecule has 0 saturated carbocycles. The van der Waals surface area contributed by atoms with Crippen molar-refractivity contribution < 1.29 is 0 Å². The Morgan fingerprint density at radius 2 is 2.08 bits per heavy atom. The standard InChI is InChI=1S/C7H5N3O2/c11-5-2-1-4-6(10-5)8-3-9-7(4)12/h1-3H,(H2,8,9,10,11,12). The first-order chi connectivity index (χ1) is 5.77. The van der Waals surface area contributed by atoms with Gasteiger partial charge in [0, 0.05) is 6.07 Å². The van der Waals surface area contributed by atoms with Crippen molar-refractivity contribution in [1.82, 2.24) is 15.0 Å². The fourth-order valence-corrected chi connectivity index (χ4v) is 0.992. The Balaban J connectivity index is 3.06. The van der Waals surface area contributed by atoms with Crippen molar-refractivity contribution in [3.63, 3.8) is 0 Å². The second-order valence-electron chi connectivity index (χ2n) is 2.32. The lowest BCUT2D eigenvalue weighted by Gasteiger charge is -1.92. The molecule has 0 spiro atoms. The summed E-state index contributed by atoms with van der Waals surface area (Å²) in [4.78, 5) is 30.5. The zero-order valence-corrected chi connectivity index (χ0v) is 6.00. The number of nitrogens with zero attached hydrogens (tertiary/aromatic N) is 1. The third kappa shape index (κ3) is 0.914. The SMILES string of the molecule is O=c1ccc2c(=O)nc[nH]c2[nH]1. The van der Waals surface area contributed by atoms with Crippen molar-refractivity contribution in [2.75, 3.05) is 0 Å². The molecule has 60 valence electrons. The molecule has 2 aromatic heterocycles. The lowest BCUT2D eigenvalue weighted by molar-refractivity contribution is 1.13. The average molecular weight is 163 g/mol. The molecule has 0 fully saturated rings. The van der Waals surface area contributed by atoms with Gasteiger partial charge < -0.3 is 9.97 Å². The van der Waals surface area contributed by atoms with Gasteiger partial charge >= 0.3 is 0 Å². The minimum atomic E-state index is -0.347. The maximum atomic E-state index is 11.0. The Kier molecular flexibility index (Phi) is 1.30. The van der Waals surface area contributed by atoms with Gasteiger partial charge in [-0.15, -0.1) is 0 Å². The van der Waals surface area contributed by atoms with Gasteiger partial charge in [-0.2, -0.15) is 4.98 Å². The summed E-state index contributed by atoms with van der Waals surface area (Å²) in [6.45, 7) is 0.